The third-order valence-electron chi connectivity index (χ3n) is 4.49. The first-order valence-corrected chi connectivity index (χ1v) is 10.1. The molecule has 8 heteroatoms. The molecular formula is C19H27N3O4S. The van der Waals surface area contributed by atoms with E-state index in [1.165, 1.54) is 26.2 Å². The van der Waals surface area contributed by atoms with Crippen LogP contribution >= 0.6 is 0 Å². The van der Waals surface area contributed by atoms with Crippen molar-refractivity contribution in [3.05, 3.63) is 47.4 Å². The van der Waals surface area contributed by atoms with E-state index in [-0.39, 0.29) is 10.8 Å². The highest BCUT2D eigenvalue weighted by atomic mass is 32.2. The second-order valence-corrected chi connectivity index (χ2v) is 9.01. The summed E-state index contributed by atoms with van der Waals surface area (Å²) in [6, 6.07) is 8.06. The van der Waals surface area contributed by atoms with Crippen molar-refractivity contribution in [2.24, 2.45) is 0 Å². The summed E-state index contributed by atoms with van der Waals surface area (Å²) in [4.78, 5) is 14.7. The standard InChI is InChI=1S/C19H27N3O4S/c1-13-7-10-17(27(24,25)21(4)5)11-18(13)20-19(23)15(3)22(6)12-16-9-8-14(2)26-16/h7-11,15H,12H2,1-6H3,(H,20,23). The molecule has 148 valence electrons. The number of carbonyl (C=O) groups is 1. The summed E-state index contributed by atoms with van der Waals surface area (Å²) in [5.41, 5.74) is 1.27. The Morgan fingerprint density at radius 1 is 1.15 bits per heavy atom. The maximum atomic E-state index is 12.7. The Kier molecular flexibility index (Phi) is 6.46. The van der Waals surface area contributed by atoms with Gasteiger partial charge in [-0.15, -0.1) is 0 Å². The molecule has 1 N–H and O–H groups in total. The maximum Gasteiger partial charge on any atom is 0.242 e. The SMILES string of the molecule is Cc1ccc(CN(C)C(C)C(=O)Nc2cc(S(=O)(=O)N(C)C)ccc2C)o1. The first kappa shape index (κ1) is 21.1. The zero-order valence-electron chi connectivity index (χ0n) is 16.6. The van der Waals surface area contributed by atoms with Gasteiger partial charge in [0, 0.05) is 19.8 Å². The quantitative estimate of drug-likeness (QED) is 0.782. The van der Waals surface area contributed by atoms with E-state index >= 15 is 0 Å². The second kappa shape index (κ2) is 8.24. The van der Waals surface area contributed by atoms with Gasteiger partial charge in [-0.25, -0.2) is 12.7 Å². The number of furan rings is 1. The monoisotopic (exact) mass is 393 g/mol. The molecule has 27 heavy (non-hydrogen) atoms. The molecule has 2 rings (SSSR count). The summed E-state index contributed by atoms with van der Waals surface area (Å²) in [5.74, 6) is 1.39. The normalized spacial score (nSPS) is 13.2. The zero-order valence-corrected chi connectivity index (χ0v) is 17.4. The Hall–Kier alpha value is -2.16. The van der Waals surface area contributed by atoms with E-state index in [0.717, 1.165) is 21.4 Å². The van der Waals surface area contributed by atoms with Crippen LogP contribution in [0.1, 0.15) is 24.0 Å². The Morgan fingerprint density at radius 2 is 1.81 bits per heavy atom. The van der Waals surface area contributed by atoms with Crippen LogP contribution in [0.25, 0.3) is 0 Å². The molecule has 1 unspecified atom stereocenters. The van der Waals surface area contributed by atoms with Crippen LogP contribution in [0, 0.1) is 13.8 Å². The Morgan fingerprint density at radius 3 is 2.37 bits per heavy atom. The molecule has 1 heterocycles. The van der Waals surface area contributed by atoms with E-state index in [9.17, 15) is 13.2 Å². The number of likely N-dealkylation sites (N-methyl/N-ethyl adjacent to an activating group) is 1. The smallest absolute Gasteiger partial charge is 0.242 e. The second-order valence-electron chi connectivity index (χ2n) is 6.86. The Labute approximate surface area is 161 Å². The van der Waals surface area contributed by atoms with Crippen LogP contribution in [0.15, 0.2) is 39.6 Å². The molecule has 0 saturated heterocycles. The van der Waals surface area contributed by atoms with Crippen molar-refractivity contribution in [3.8, 4) is 0 Å². The Bertz CT molecular complexity index is 919. The molecule has 0 aliphatic carbocycles. The first-order chi connectivity index (χ1) is 12.5. The molecule has 2 aromatic rings. The highest BCUT2D eigenvalue weighted by molar-refractivity contribution is 7.89. The van der Waals surface area contributed by atoms with Gasteiger partial charge in [-0.1, -0.05) is 6.07 Å². The van der Waals surface area contributed by atoms with Crippen molar-refractivity contribution in [1.82, 2.24) is 9.21 Å². The van der Waals surface area contributed by atoms with E-state index in [2.05, 4.69) is 5.32 Å². The van der Waals surface area contributed by atoms with E-state index in [0.29, 0.717) is 12.2 Å². The average molecular weight is 394 g/mol. The summed E-state index contributed by atoms with van der Waals surface area (Å²) in [6.45, 7) is 5.98. The number of benzene rings is 1. The number of amides is 1. The van der Waals surface area contributed by atoms with E-state index in [1.807, 2.05) is 37.9 Å². The number of aryl methyl sites for hydroxylation is 2. The predicted octanol–water partition coefficient (Wildman–Crippen LogP) is 2.61. The van der Waals surface area contributed by atoms with Crippen LogP contribution < -0.4 is 5.32 Å². The minimum absolute atomic E-state index is 0.139. The van der Waals surface area contributed by atoms with Gasteiger partial charge in [0.05, 0.1) is 17.5 Å². The highest BCUT2D eigenvalue weighted by Gasteiger charge is 2.22. The first-order valence-electron chi connectivity index (χ1n) is 8.62. The number of hydrogen-bond donors (Lipinski definition) is 1. The van der Waals surface area contributed by atoms with E-state index in [1.54, 1.807) is 13.0 Å². The lowest BCUT2D eigenvalue weighted by Crippen LogP contribution is -2.39. The van der Waals surface area contributed by atoms with Crippen molar-refractivity contribution in [2.45, 2.75) is 38.3 Å². The maximum absolute atomic E-state index is 12.7. The minimum atomic E-state index is -3.57. The lowest BCUT2D eigenvalue weighted by atomic mass is 10.2. The molecule has 0 aliphatic rings. The molecule has 0 fully saturated rings. The van der Waals surface area contributed by atoms with E-state index < -0.39 is 16.1 Å². The van der Waals surface area contributed by atoms with Crippen LogP contribution in [-0.4, -0.2) is 50.7 Å². The zero-order chi connectivity index (χ0) is 20.4. The lowest BCUT2D eigenvalue weighted by molar-refractivity contribution is -0.120. The van der Waals surface area contributed by atoms with Crippen LogP contribution in [-0.2, 0) is 21.4 Å². The minimum Gasteiger partial charge on any atom is -0.465 e. The van der Waals surface area contributed by atoms with Crippen molar-refractivity contribution in [1.29, 1.82) is 0 Å². The van der Waals surface area contributed by atoms with Crippen molar-refractivity contribution < 1.29 is 17.6 Å². The molecule has 1 atom stereocenters. The average Bonchev–Trinajstić information content (AvgIpc) is 3.00. The fourth-order valence-corrected chi connectivity index (χ4v) is 3.43. The largest absolute Gasteiger partial charge is 0.465 e. The van der Waals surface area contributed by atoms with Gasteiger partial charge in [-0.05, 0) is 57.6 Å². The molecule has 0 spiro atoms. The molecule has 0 saturated carbocycles. The van der Waals surface area contributed by atoms with Crippen molar-refractivity contribution in [2.75, 3.05) is 26.5 Å². The van der Waals surface area contributed by atoms with Gasteiger partial charge in [0.25, 0.3) is 0 Å². The highest BCUT2D eigenvalue weighted by Crippen LogP contribution is 2.22. The summed E-state index contributed by atoms with van der Waals surface area (Å²) >= 11 is 0. The molecule has 1 aromatic carbocycles. The number of nitrogens with zero attached hydrogens (tertiary/aromatic N) is 2. The predicted molar refractivity (Wildman–Crippen MR) is 105 cm³/mol. The molecular weight excluding hydrogens is 366 g/mol. The molecule has 0 radical (unpaired) electrons. The fourth-order valence-electron chi connectivity index (χ4n) is 2.50. The summed E-state index contributed by atoms with van der Waals surface area (Å²) in [7, 11) is 1.21. The third kappa shape index (κ3) is 4.97. The van der Waals surface area contributed by atoms with Gasteiger partial charge in [-0.2, -0.15) is 0 Å². The lowest BCUT2D eigenvalue weighted by Gasteiger charge is -2.23. The van der Waals surface area contributed by atoms with Crippen molar-refractivity contribution >= 4 is 21.6 Å². The van der Waals surface area contributed by atoms with Gasteiger partial charge in [0.15, 0.2) is 0 Å². The van der Waals surface area contributed by atoms with Gasteiger partial charge in [0.1, 0.15) is 11.5 Å². The summed E-state index contributed by atoms with van der Waals surface area (Å²) < 4.78 is 31.3. The number of rotatable bonds is 7. The number of nitrogens with one attached hydrogen (secondary N) is 1. The van der Waals surface area contributed by atoms with E-state index in [4.69, 9.17) is 4.42 Å². The molecule has 1 aromatic heterocycles. The van der Waals surface area contributed by atoms with Crippen LogP contribution in [0.4, 0.5) is 5.69 Å². The molecule has 0 bridgehead atoms. The van der Waals surface area contributed by atoms with Gasteiger partial charge in [0.2, 0.25) is 15.9 Å². The Balaban J connectivity index is 2.14. The number of sulfonamides is 1. The molecule has 0 aliphatic heterocycles. The molecule has 1 amide bonds. The van der Waals surface area contributed by atoms with Crippen LogP contribution in [0.3, 0.4) is 0 Å². The number of hydrogen-bond acceptors (Lipinski definition) is 5. The van der Waals surface area contributed by atoms with Gasteiger partial charge in [-0.3, -0.25) is 9.69 Å². The third-order valence-corrected chi connectivity index (χ3v) is 6.30. The summed E-state index contributed by atoms with van der Waals surface area (Å²) in [5, 5.41) is 2.84. The van der Waals surface area contributed by atoms with Gasteiger partial charge >= 0.3 is 0 Å². The molecule has 7 nitrogen and oxygen atoms in total. The van der Waals surface area contributed by atoms with Crippen molar-refractivity contribution in [3.63, 3.8) is 0 Å². The van der Waals surface area contributed by atoms with Gasteiger partial charge < -0.3 is 9.73 Å². The number of carbonyl (C=O) groups excluding carboxylic acids is 1. The number of anilines is 1. The van der Waals surface area contributed by atoms with Crippen LogP contribution in [0.2, 0.25) is 0 Å². The fraction of sp³-hybridized carbons (Fsp3) is 0.421. The summed E-state index contributed by atoms with van der Waals surface area (Å²) in [6.07, 6.45) is 0. The topological polar surface area (TPSA) is 82.9 Å². The van der Waals surface area contributed by atoms with Crippen LogP contribution in [0.5, 0.6) is 0 Å².